The highest BCUT2D eigenvalue weighted by molar-refractivity contribution is 5.76. The van der Waals surface area contributed by atoms with E-state index in [4.69, 9.17) is 5.73 Å². The molecule has 8 nitrogen and oxygen atoms in total. The maximum Gasteiger partial charge on any atom is 0.389 e. The molecule has 2 heterocycles. The van der Waals surface area contributed by atoms with Gasteiger partial charge < -0.3 is 20.7 Å². The van der Waals surface area contributed by atoms with Gasteiger partial charge in [-0.25, -0.2) is 0 Å². The predicted octanol–water partition coefficient (Wildman–Crippen LogP) is -0.0114. The van der Waals surface area contributed by atoms with Gasteiger partial charge in [0.15, 0.2) is 0 Å². The minimum Gasteiger partial charge on any atom is -0.358 e. The van der Waals surface area contributed by atoms with E-state index >= 15 is 0 Å². The minimum atomic E-state index is -0.581. The average Bonchev–Trinajstić information content (AvgIpc) is 2.97. The van der Waals surface area contributed by atoms with Crippen molar-refractivity contribution in [3.63, 3.8) is 0 Å². The van der Waals surface area contributed by atoms with E-state index in [1.807, 2.05) is 0 Å². The molecule has 1 amide bonds. The molecule has 0 radical (unpaired) electrons. The lowest BCUT2D eigenvalue weighted by molar-refractivity contribution is -0.389. The zero-order valence-corrected chi connectivity index (χ0v) is 10.8. The van der Waals surface area contributed by atoms with Crippen LogP contribution in [0.5, 0.6) is 0 Å². The first kappa shape index (κ1) is 13.5. The van der Waals surface area contributed by atoms with Crippen molar-refractivity contribution in [1.82, 2.24) is 14.7 Å². The molecule has 1 unspecified atom stereocenters. The standard InChI is InChI=1S/C11H17N5O3/c1-11(7-12)3-5-14(8-11)10(17)6-15-4-2-9(13-15)16(18)19/h2,4H,3,5-8,12H2,1H3. The number of nitrogens with zero attached hydrogens (tertiary/aromatic N) is 4. The van der Waals surface area contributed by atoms with Gasteiger partial charge in [-0.15, -0.1) is 0 Å². The van der Waals surface area contributed by atoms with Crippen LogP contribution >= 0.6 is 0 Å². The van der Waals surface area contributed by atoms with Gasteiger partial charge in [0.2, 0.25) is 5.91 Å². The maximum absolute atomic E-state index is 12.1. The Labute approximate surface area is 110 Å². The average molecular weight is 267 g/mol. The number of nitrogens with two attached hydrogens (primary N) is 1. The fourth-order valence-corrected chi connectivity index (χ4v) is 2.18. The Balaban J connectivity index is 1.96. The number of carbonyl (C=O) groups is 1. The number of amides is 1. The number of rotatable bonds is 4. The normalized spacial score (nSPS) is 22.7. The molecule has 1 atom stereocenters. The Morgan fingerprint density at radius 1 is 1.68 bits per heavy atom. The summed E-state index contributed by atoms with van der Waals surface area (Å²) in [5.41, 5.74) is 5.67. The highest BCUT2D eigenvalue weighted by Crippen LogP contribution is 2.28. The van der Waals surface area contributed by atoms with E-state index in [1.165, 1.54) is 16.9 Å². The van der Waals surface area contributed by atoms with E-state index in [9.17, 15) is 14.9 Å². The molecule has 2 N–H and O–H groups in total. The van der Waals surface area contributed by atoms with Gasteiger partial charge in [-0.3, -0.25) is 4.79 Å². The molecule has 0 aromatic carbocycles. The quantitative estimate of drug-likeness (QED) is 0.609. The lowest BCUT2D eigenvalue weighted by Crippen LogP contribution is -2.36. The first-order valence-electron chi connectivity index (χ1n) is 6.09. The molecule has 0 bridgehead atoms. The van der Waals surface area contributed by atoms with Crippen molar-refractivity contribution < 1.29 is 9.72 Å². The van der Waals surface area contributed by atoms with E-state index < -0.39 is 4.92 Å². The summed E-state index contributed by atoms with van der Waals surface area (Å²) < 4.78 is 1.29. The third kappa shape index (κ3) is 2.90. The largest absolute Gasteiger partial charge is 0.389 e. The molecule has 8 heteroatoms. The van der Waals surface area contributed by atoms with Crippen molar-refractivity contribution in [2.24, 2.45) is 11.1 Å². The molecular weight excluding hydrogens is 250 g/mol. The summed E-state index contributed by atoms with van der Waals surface area (Å²) in [6.45, 7) is 3.93. The van der Waals surface area contributed by atoms with Gasteiger partial charge in [-0.2, -0.15) is 4.68 Å². The highest BCUT2D eigenvalue weighted by atomic mass is 16.6. The topological polar surface area (TPSA) is 107 Å². The van der Waals surface area contributed by atoms with Crippen LogP contribution < -0.4 is 5.73 Å². The molecule has 1 aliphatic rings. The van der Waals surface area contributed by atoms with E-state index in [1.54, 1.807) is 4.90 Å². The summed E-state index contributed by atoms with van der Waals surface area (Å²) in [5.74, 6) is -0.337. The van der Waals surface area contributed by atoms with Crippen molar-refractivity contribution in [3.05, 3.63) is 22.4 Å². The van der Waals surface area contributed by atoms with Gasteiger partial charge >= 0.3 is 5.82 Å². The summed E-state index contributed by atoms with van der Waals surface area (Å²) in [4.78, 5) is 23.7. The number of hydrogen-bond donors (Lipinski definition) is 1. The smallest absolute Gasteiger partial charge is 0.358 e. The Morgan fingerprint density at radius 2 is 2.42 bits per heavy atom. The molecule has 0 saturated carbocycles. The second kappa shape index (κ2) is 4.96. The molecule has 104 valence electrons. The molecule has 1 aliphatic heterocycles. The lowest BCUT2D eigenvalue weighted by Gasteiger charge is -2.22. The van der Waals surface area contributed by atoms with E-state index in [0.717, 1.165) is 6.42 Å². The Kier molecular flexibility index (Phi) is 3.52. The number of hydrogen-bond acceptors (Lipinski definition) is 5. The van der Waals surface area contributed by atoms with Crippen LogP contribution in [0.15, 0.2) is 12.3 Å². The van der Waals surface area contributed by atoms with Crippen LogP contribution in [-0.4, -0.2) is 45.1 Å². The van der Waals surface area contributed by atoms with Gasteiger partial charge in [0.25, 0.3) is 0 Å². The number of likely N-dealkylation sites (tertiary alicyclic amines) is 1. The zero-order valence-electron chi connectivity index (χ0n) is 10.8. The zero-order chi connectivity index (χ0) is 14.0. The second-order valence-electron chi connectivity index (χ2n) is 5.21. The molecule has 0 spiro atoms. The molecule has 1 saturated heterocycles. The first-order chi connectivity index (χ1) is 8.93. The molecular formula is C11H17N5O3. The Morgan fingerprint density at radius 3 is 2.95 bits per heavy atom. The molecule has 1 aromatic heterocycles. The van der Waals surface area contributed by atoms with Crippen LogP contribution in [0.3, 0.4) is 0 Å². The maximum atomic E-state index is 12.1. The van der Waals surface area contributed by atoms with Gasteiger partial charge in [-0.05, 0) is 23.3 Å². The van der Waals surface area contributed by atoms with Gasteiger partial charge in [-0.1, -0.05) is 6.92 Å². The van der Waals surface area contributed by atoms with Crippen molar-refractivity contribution in [3.8, 4) is 0 Å². The van der Waals surface area contributed by atoms with Crippen LogP contribution in [0.25, 0.3) is 0 Å². The fourth-order valence-electron chi connectivity index (χ4n) is 2.18. The summed E-state index contributed by atoms with van der Waals surface area (Å²) in [7, 11) is 0. The van der Waals surface area contributed by atoms with E-state index in [0.29, 0.717) is 19.6 Å². The Hall–Kier alpha value is -1.96. The van der Waals surface area contributed by atoms with Crippen LogP contribution in [0.4, 0.5) is 5.82 Å². The molecule has 2 rings (SSSR count). The second-order valence-corrected chi connectivity index (χ2v) is 5.21. The van der Waals surface area contributed by atoms with Crippen LogP contribution in [0, 0.1) is 15.5 Å². The minimum absolute atomic E-state index is 0.0221. The third-order valence-electron chi connectivity index (χ3n) is 3.51. The SMILES string of the molecule is CC1(CN)CCN(C(=O)Cn2ccc([N+](=O)[O-])n2)C1. The van der Waals surface area contributed by atoms with E-state index in [-0.39, 0.29) is 23.7 Å². The molecule has 1 fully saturated rings. The predicted molar refractivity (Wildman–Crippen MR) is 67.2 cm³/mol. The van der Waals surface area contributed by atoms with Crippen molar-refractivity contribution >= 4 is 11.7 Å². The van der Waals surface area contributed by atoms with Crippen LogP contribution in [-0.2, 0) is 11.3 Å². The highest BCUT2D eigenvalue weighted by Gasteiger charge is 2.35. The molecule has 19 heavy (non-hydrogen) atoms. The Bertz CT molecular complexity index is 500. The summed E-state index contributed by atoms with van der Waals surface area (Å²) >= 11 is 0. The van der Waals surface area contributed by atoms with Crippen molar-refractivity contribution in [1.29, 1.82) is 0 Å². The van der Waals surface area contributed by atoms with Crippen LogP contribution in [0.1, 0.15) is 13.3 Å². The molecule has 0 aliphatic carbocycles. The van der Waals surface area contributed by atoms with Crippen molar-refractivity contribution in [2.75, 3.05) is 19.6 Å². The number of nitro groups is 1. The molecule has 1 aromatic rings. The summed E-state index contributed by atoms with van der Waals surface area (Å²) in [5, 5.41) is 14.2. The van der Waals surface area contributed by atoms with E-state index in [2.05, 4.69) is 12.0 Å². The summed E-state index contributed by atoms with van der Waals surface area (Å²) in [6.07, 6.45) is 2.32. The lowest BCUT2D eigenvalue weighted by atomic mass is 9.90. The fraction of sp³-hybridized carbons (Fsp3) is 0.636. The van der Waals surface area contributed by atoms with Gasteiger partial charge in [0.05, 0.1) is 17.4 Å². The number of carbonyl (C=O) groups excluding carboxylic acids is 1. The summed E-state index contributed by atoms with van der Waals surface area (Å²) in [6, 6.07) is 1.28. The van der Waals surface area contributed by atoms with Crippen LogP contribution in [0.2, 0.25) is 0 Å². The third-order valence-corrected chi connectivity index (χ3v) is 3.51. The van der Waals surface area contributed by atoms with Crippen molar-refractivity contribution in [2.45, 2.75) is 19.9 Å². The first-order valence-corrected chi connectivity index (χ1v) is 6.09. The van der Waals surface area contributed by atoms with Gasteiger partial charge in [0, 0.05) is 13.1 Å². The van der Waals surface area contributed by atoms with Gasteiger partial charge in [0.1, 0.15) is 6.54 Å². The monoisotopic (exact) mass is 267 g/mol. The number of aromatic nitrogens is 2.